The summed E-state index contributed by atoms with van der Waals surface area (Å²) in [5, 5.41) is 33.8. The van der Waals surface area contributed by atoms with Gasteiger partial charge in [0.05, 0.1) is 50.1 Å². The molecule has 0 unspecified atom stereocenters. The van der Waals surface area contributed by atoms with Gasteiger partial charge < -0.3 is 29.9 Å². The lowest BCUT2D eigenvalue weighted by molar-refractivity contribution is -0.143. The molecule has 2 aliphatic rings. The zero-order valence-electron chi connectivity index (χ0n) is 14.2. The van der Waals surface area contributed by atoms with E-state index in [0.717, 1.165) is 0 Å². The molecule has 0 spiro atoms. The summed E-state index contributed by atoms with van der Waals surface area (Å²) in [5.41, 5.74) is 0. The van der Waals surface area contributed by atoms with Gasteiger partial charge in [0.1, 0.15) is 0 Å². The topological polar surface area (TPSA) is 168 Å². The molecule has 0 saturated carbocycles. The van der Waals surface area contributed by atoms with Crippen LogP contribution in [0.3, 0.4) is 0 Å². The fourth-order valence-corrected chi connectivity index (χ4v) is 2.94. The van der Waals surface area contributed by atoms with Crippen LogP contribution in [0.4, 0.5) is 0 Å². The van der Waals surface area contributed by atoms with Gasteiger partial charge in [0.25, 0.3) is 0 Å². The Morgan fingerprint density at radius 1 is 0.538 bits per heavy atom. The molecule has 0 aromatic rings. The van der Waals surface area contributed by atoms with E-state index in [9.17, 15) is 19.2 Å². The van der Waals surface area contributed by atoms with Crippen molar-refractivity contribution in [2.75, 3.05) is 0 Å². The van der Waals surface area contributed by atoms with Crippen LogP contribution in [0.1, 0.15) is 51.4 Å². The summed E-state index contributed by atoms with van der Waals surface area (Å²) in [5.74, 6) is -3.61. The van der Waals surface area contributed by atoms with Gasteiger partial charge in [-0.25, -0.2) is 0 Å². The molecule has 10 nitrogen and oxygen atoms in total. The first-order chi connectivity index (χ1) is 12.2. The largest absolute Gasteiger partial charge is 0.481 e. The molecule has 2 rings (SSSR count). The van der Waals surface area contributed by atoms with E-state index in [1.807, 2.05) is 0 Å². The number of ether oxygens (including phenoxy) is 2. The predicted octanol–water partition coefficient (Wildman–Crippen LogP) is 0.967. The maximum Gasteiger partial charge on any atom is 0.305 e. The molecule has 4 atom stereocenters. The Bertz CT molecular complexity index is 427. The first kappa shape index (κ1) is 21.8. The molecular weight excluding hydrogens is 352 g/mol. The van der Waals surface area contributed by atoms with Crippen molar-refractivity contribution in [3.63, 3.8) is 0 Å². The van der Waals surface area contributed by atoms with Crippen molar-refractivity contribution in [1.29, 1.82) is 0 Å². The van der Waals surface area contributed by atoms with Gasteiger partial charge in [0.2, 0.25) is 0 Å². The highest BCUT2D eigenvalue weighted by Crippen LogP contribution is 2.24. The van der Waals surface area contributed by atoms with Crippen molar-refractivity contribution < 1.29 is 49.1 Å². The molecule has 2 fully saturated rings. The number of carboxylic acids is 4. The van der Waals surface area contributed by atoms with Crippen LogP contribution in [-0.2, 0) is 28.7 Å². The number of rotatable bonds is 8. The molecule has 4 N–H and O–H groups in total. The van der Waals surface area contributed by atoms with Crippen LogP contribution in [0.5, 0.6) is 0 Å². The van der Waals surface area contributed by atoms with E-state index in [-0.39, 0.29) is 50.1 Å². The molecule has 2 aliphatic heterocycles. The first-order valence-electron chi connectivity index (χ1n) is 8.33. The van der Waals surface area contributed by atoms with E-state index in [0.29, 0.717) is 25.7 Å². The molecule has 10 heteroatoms. The van der Waals surface area contributed by atoms with Crippen molar-refractivity contribution >= 4 is 23.9 Å². The molecule has 0 aromatic carbocycles. The maximum atomic E-state index is 10.3. The average Bonchev–Trinajstić information content (AvgIpc) is 3.07. The number of carbonyl (C=O) groups is 4. The maximum absolute atomic E-state index is 10.3. The van der Waals surface area contributed by atoms with E-state index in [1.165, 1.54) is 0 Å². The van der Waals surface area contributed by atoms with E-state index in [4.69, 9.17) is 29.9 Å². The highest BCUT2D eigenvalue weighted by Gasteiger charge is 2.29. The summed E-state index contributed by atoms with van der Waals surface area (Å²) in [4.78, 5) is 41.2. The van der Waals surface area contributed by atoms with Gasteiger partial charge in [0, 0.05) is 0 Å². The number of aliphatic carboxylic acids is 4. The summed E-state index contributed by atoms with van der Waals surface area (Å²) in [7, 11) is 0. The van der Waals surface area contributed by atoms with Crippen molar-refractivity contribution in [2.45, 2.75) is 75.8 Å². The van der Waals surface area contributed by atoms with Crippen LogP contribution in [-0.4, -0.2) is 68.7 Å². The Kier molecular flexibility index (Phi) is 9.00. The van der Waals surface area contributed by atoms with E-state index >= 15 is 0 Å². The zero-order chi connectivity index (χ0) is 19.7. The third kappa shape index (κ3) is 9.33. The minimum Gasteiger partial charge on any atom is -0.481 e. The molecule has 2 saturated heterocycles. The molecule has 26 heavy (non-hydrogen) atoms. The van der Waals surface area contributed by atoms with Crippen LogP contribution in [0.2, 0.25) is 0 Å². The number of hydrogen-bond acceptors (Lipinski definition) is 6. The minimum atomic E-state index is -0.902. The Morgan fingerprint density at radius 2 is 0.731 bits per heavy atom. The fraction of sp³-hybridized carbons (Fsp3) is 0.750. The average molecular weight is 376 g/mol. The van der Waals surface area contributed by atoms with E-state index in [1.54, 1.807) is 0 Å². The van der Waals surface area contributed by atoms with Crippen molar-refractivity contribution in [2.24, 2.45) is 0 Å². The van der Waals surface area contributed by atoms with Crippen molar-refractivity contribution in [1.82, 2.24) is 0 Å². The summed E-state index contributed by atoms with van der Waals surface area (Å²) < 4.78 is 10.4. The summed E-state index contributed by atoms with van der Waals surface area (Å²) in [6, 6.07) is 0. The number of carboxylic acid groups (broad SMARTS) is 4. The quantitative estimate of drug-likeness (QED) is 0.479. The molecule has 2 heterocycles. The van der Waals surface area contributed by atoms with Gasteiger partial charge in [-0.1, -0.05) is 0 Å². The summed E-state index contributed by atoms with van der Waals surface area (Å²) in [6.45, 7) is 0. The molecule has 148 valence electrons. The second-order valence-electron chi connectivity index (χ2n) is 6.31. The summed E-state index contributed by atoms with van der Waals surface area (Å²) in [6.07, 6.45) is 1.23. The monoisotopic (exact) mass is 376 g/mol. The smallest absolute Gasteiger partial charge is 0.305 e. The highest BCUT2D eigenvalue weighted by atomic mass is 16.5. The molecular formula is C16H24O10. The van der Waals surface area contributed by atoms with Crippen LogP contribution >= 0.6 is 0 Å². The van der Waals surface area contributed by atoms with Crippen molar-refractivity contribution in [3.8, 4) is 0 Å². The third-order valence-electron chi connectivity index (χ3n) is 4.00. The molecule has 0 amide bonds. The summed E-state index contributed by atoms with van der Waals surface area (Å²) >= 11 is 0. The third-order valence-corrected chi connectivity index (χ3v) is 4.00. The van der Waals surface area contributed by atoms with Gasteiger partial charge in [-0.05, 0) is 25.7 Å². The lowest BCUT2D eigenvalue weighted by Crippen LogP contribution is -2.17. The zero-order valence-corrected chi connectivity index (χ0v) is 14.2. The normalized spacial score (nSPS) is 27.4. The Hall–Kier alpha value is -2.20. The lowest BCUT2D eigenvalue weighted by atomic mass is 10.1. The van der Waals surface area contributed by atoms with Crippen molar-refractivity contribution in [3.05, 3.63) is 0 Å². The molecule has 0 aromatic heterocycles. The van der Waals surface area contributed by atoms with Gasteiger partial charge in [-0.3, -0.25) is 19.2 Å². The van der Waals surface area contributed by atoms with Gasteiger partial charge in [-0.2, -0.15) is 0 Å². The van der Waals surface area contributed by atoms with Gasteiger partial charge >= 0.3 is 23.9 Å². The SMILES string of the molecule is O=C(O)C[C@@H]1CC[C@@H](CC(=O)O)O1.O=C(O)C[C@H]1CC[C@@H](CC(=O)O)O1. The fourth-order valence-electron chi connectivity index (χ4n) is 2.94. The number of hydrogen-bond donors (Lipinski definition) is 4. The standard InChI is InChI=1S/2C8H12O5/c2*9-7(10)3-5-1-2-6(13-5)4-8(11)12/h2*5-6H,1-4H2,(H,9,10)(H,11,12)/t5-,6+;5-,6-/m.0/s1. The molecule has 0 radical (unpaired) electrons. The van der Waals surface area contributed by atoms with Crippen LogP contribution in [0, 0.1) is 0 Å². The van der Waals surface area contributed by atoms with E-state index in [2.05, 4.69) is 0 Å². The Morgan fingerprint density at radius 3 is 0.885 bits per heavy atom. The van der Waals surface area contributed by atoms with Crippen LogP contribution < -0.4 is 0 Å². The lowest BCUT2D eigenvalue weighted by Gasteiger charge is -2.09. The molecule has 0 bridgehead atoms. The molecule has 0 aliphatic carbocycles. The van der Waals surface area contributed by atoms with E-state index < -0.39 is 23.9 Å². The predicted molar refractivity (Wildman–Crippen MR) is 84.8 cm³/mol. The second kappa shape index (κ2) is 10.7. The Labute approximate surface area is 149 Å². The van der Waals surface area contributed by atoms with Gasteiger partial charge in [0.15, 0.2) is 0 Å². The second-order valence-corrected chi connectivity index (χ2v) is 6.31. The van der Waals surface area contributed by atoms with Gasteiger partial charge in [-0.15, -0.1) is 0 Å². The Balaban J connectivity index is 0.000000260. The minimum absolute atomic E-state index is 0.0316. The van der Waals surface area contributed by atoms with Crippen LogP contribution in [0.15, 0.2) is 0 Å². The highest BCUT2D eigenvalue weighted by molar-refractivity contribution is 5.68. The first-order valence-corrected chi connectivity index (χ1v) is 8.33. The van der Waals surface area contributed by atoms with Crippen LogP contribution in [0.25, 0.3) is 0 Å².